The first-order valence-electron chi connectivity index (χ1n) is 5.81. The second-order valence-corrected chi connectivity index (χ2v) is 5.97. The van der Waals surface area contributed by atoms with Crippen molar-refractivity contribution in [3.63, 3.8) is 0 Å². The van der Waals surface area contributed by atoms with Gasteiger partial charge in [-0.05, 0) is 18.2 Å². The highest BCUT2D eigenvalue weighted by Gasteiger charge is 2.21. The van der Waals surface area contributed by atoms with Crippen LogP contribution in [0.5, 0.6) is 0 Å². The Morgan fingerprint density at radius 3 is 2.89 bits per heavy atom. The van der Waals surface area contributed by atoms with Gasteiger partial charge in [-0.25, -0.2) is 4.98 Å². The summed E-state index contributed by atoms with van der Waals surface area (Å²) in [7, 11) is -0.760. The molecule has 0 unspecified atom stereocenters. The zero-order valence-corrected chi connectivity index (χ0v) is 10.6. The zero-order valence-electron chi connectivity index (χ0n) is 9.76. The van der Waals surface area contributed by atoms with Crippen LogP contribution in [0.1, 0.15) is 10.4 Å². The lowest BCUT2D eigenvalue weighted by atomic mass is 10.1. The molecule has 6 heteroatoms. The molecule has 1 aromatic heterocycles. The van der Waals surface area contributed by atoms with E-state index in [-0.39, 0.29) is 5.91 Å². The van der Waals surface area contributed by atoms with Crippen LogP contribution >= 0.6 is 0 Å². The number of hydrogen-bond donors (Lipinski definition) is 1. The van der Waals surface area contributed by atoms with Crippen molar-refractivity contribution in [3.8, 4) is 0 Å². The third-order valence-electron chi connectivity index (χ3n) is 3.13. The highest BCUT2D eigenvalue weighted by atomic mass is 32.2. The molecule has 1 saturated heterocycles. The maximum atomic E-state index is 12.3. The summed E-state index contributed by atoms with van der Waals surface area (Å²) in [5, 5.41) is 0. The number of rotatable bonds is 1. The molecule has 94 valence electrons. The first kappa shape index (κ1) is 11.4. The fourth-order valence-corrected chi connectivity index (χ4v) is 3.14. The molecule has 1 N–H and O–H groups in total. The van der Waals surface area contributed by atoms with Gasteiger partial charge in [0.2, 0.25) is 0 Å². The molecule has 5 nitrogen and oxygen atoms in total. The van der Waals surface area contributed by atoms with Gasteiger partial charge in [-0.1, -0.05) is 0 Å². The lowest BCUT2D eigenvalue weighted by Crippen LogP contribution is -2.41. The molecule has 3 rings (SSSR count). The van der Waals surface area contributed by atoms with Crippen molar-refractivity contribution < 1.29 is 9.00 Å². The summed E-state index contributed by atoms with van der Waals surface area (Å²) in [6, 6.07) is 5.44. The first-order chi connectivity index (χ1) is 8.74. The van der Waals surface area contributed by atoms with Gasteiger partial charge >= 0.3 is 0 Å². The summed E-state index contributed by atoms with van der Waals surface area (Å²) < 4.78 is 11.3. The van der Waals surface area contributed by atoms with Crippen LogP contribution in [0.4, 0.5) is 0 Å². The average molecular weight is 263 g/mol. The molecular formula is C12H13N3O2S. The first-order valence-corrected chi connectivity index (χ1v) is 7.30. The number of aromatic amines is 1. The Morgan fingerprint density at radius 2 is 2.11 bits per heavy atom. The number of fused-ring (bicyclic) bond motifs is 1. The van der Waals surface area contributed by atoms with E-state index in [0.29, 0.717) is 30.2 Å². The van der Waals surface area contributed by atoms with Crippen LogP contribution < -0.4 is 0 Å². The third-order valence-corrected chi connectivity index (χ3v) is 4.41. The number of amides is 1. The number of aromatic nitrogens is 2. The van der Waals surface area contributed by atoms with E-state index in [4.69, 9.17) is 0 Å². The number of imidazole rings is 1. The fourth-order valence-electron chi connectivity index (χ4n) is 2.09. The average Bonchev–Trinajstić information content (AvgIpc) is 2.86. The minimum absolute atomic E-state index is 0.00296. The number of nitrogens with zero attached hydrogens (tertiary/aromatic N) is 2. The Balaban J connectivity index is 1.84. The molecule has 1 aliphatic heterocycles. The molecule has 0 spiro atoms. The van der Waals surface area contributed by atoms with Crippen molar-refractivity contribution in [2.45, 2.75) is 0 Å². The van der Waals surface area contributed by atoms with Gasteiger partial charge in [-0.15, -0.1) is 0 Å². The summed E-state index contributed by atoms with van der Waals surface area (Å²) in [6.45, 7) is 1.15. The Bertz CT molecular complexity index is 613. The van der Waals surface area contributed by atoms with Gasteiger partial charge in [-0.2, -0.15) is 0 Å². The SMILES string of the molecule is O=C(c1ccc2nc[nH]c2c1)N1CCS(=O)CC1. The predicted octanol–water partition coefficient (Wildman–Crippen LogP) is 0.767. The van der Waals surface area contributed by atoms with Crippen LogP contribution in [0, 0.1) is 0 Å². The van der Waals surface area contributed by atoms with Crippen LogP contribution in [0.2, 0.25) is 0 Å². The van der Waals surface area contributed by atoms with Gasteiger partial charge in [0, 0.05) is 41.0 Å². The molecule has 0 saturated carbocycles. The quantitative estimate of drug-likeness (QED) is 0.826. The van der Waals surface area contributed by atoms with Crippen molar-refractivity contribution in [2.75, 3.05) is 24.6 Å². The van der Waals surface area contributed by atoms with E-state index in [1.54, 1.807) is 17.3 Å². The minimum Gasteiger partial charge on any atom is -0.345 e. The number of benzene rings is 1. The summed E-state index contributed by atoms with van der Waals surface area (Å²) in [6.07, 6.45) is 1.61. The molecule has 2 aromatic rings. The Labute approximate surface area is 107 Å². The number of hydrogen-bond acceptors (Lipinski definition) is 3. The summed E-state index contributed by atoms with van der Waals surface area (Å²) >= 11 is 0. The van der Waals surface area contributed by atoms with E-state index >= 15 is 0 Å². The molecular weight excluding hydrogens is 250 g/mol. The number of H-pyrrole nitrogens is 1. The second-order valence-electron chi connectivity index (χ2n) is 4.27. The topological polar surface area (TPSA) is 66.1 Å². The molecule has 1 aromatic carbocycles. The largest absolute Gasteiger partial charge is 0.345 e. The van der Waals surface area contributed by atoms with Crippen LogP contribution in [0.15, 0.2) is 24.5 Å². The number of carbonyl (C=O) groups is 1. The molecule has 0 radical (unpaired) electrons. The predicted molar refractivity (Wildman–Crippen MR) is 69.9 cm³/mol. The fraction of sp³-hybridized carbons (Fsp3) is 0.333. The number of carbonyl (C=O) groups excluding carboxylic acids is 1. The Hall–Kier alpha value is -1.69. The van der Waals surface area contributed by atoms with Crippen LogP contribution in [-0.2, 0) is 10.8 Å². The van der Waals surface area contributed by atoms with Gasteiger partial charge in [0.1, 0.15) is 0 Å². The molecule has 0 aliphatic carbocycles. The van der Waals surface area contributed by atoms with E-state index in [9.17, 15) is 9.00 Å². The van der Waals surface area contributed by atoms with Crippen molar-refractivity contribution in [3.05, 3.63) is 30.1 Å². The van der Waals surface area contributed by atoms with Gasteiger partial charge < -0.3 is 9.88 Å². The summed E-state index contributed by atoms with van der Waals surface area (Å²) in [5.74, 6) is 1.17. The lowest BCUT2D eigenvalue weighted by Gasteiger charge is -2.26. The van der Waals surface area contributed by atoms with Gasteiger partial charge in [-0.3, -0.25) is 9.00 Å². The smallest absolute Gasteiger partial charge is 0.253 e. The standard InChI is InChI=1S/C12H13N3O2S/c16-12(15-3-5-18(17)6-4-15)9-1-2-10-11(7-9)14-8-13-10/h1-2,7-8H,3-6H2,(H,13,14). The van der Waals surface area contributed by atoms with Gasteiger partial charge in [0.25, 0.3) is 5.91 Å². The van der Waals surface area contributed by atoms with E-state index in [2.05, 4.69) is 9.97 Å². The zero-order chi connectivity index (χ0) is 12.5. The molecule has 0 bridgehead atoms. The summed E-state index contributed by atoms with van der Waals surface area (Å²) in [5.41, 5.74) is 2.37. The van der Waals surface area contributed by atoms with Crippen molar-refractivity contribution in [1.29, 1.82) is 0 Å². The molecule has 1 aliphatic rings. The van der Waals surface area contributed by atoms with Crippen LogP contribution in [0.3, 0.4) is 0 Å². The third kappa shape index (κ3) is 2.03. The van der Waals surface area contributed by atoms with Gasteiger partial charge in [0.05, 0.1) is 17.4 Å². The van der Waals surface area contributed by atoms with E-state index in [1.165, 1.54) is 0 Å². The normalized spacial score (nSPS) is 17.2. The molecule has 0 atom stereocenters. The van der Waals surface area contributed by atoms with Crippen molar-refractivity contribution in [2.24, 2.45) is 0 Å². The van der Waals surface area contributed by atoms with Crippen LogP contribution in [0.25, 0.3) is 11.0 Å². The van der Waals surface area contributed by atoms with Gasteiger partial charge in [0.15, 0.2) is 0 Å². The van der Waals surface area contributed by atoms with Crippen molar-refractivity contribution >= 4 is 27.7 Å². The molecule has 18 heavy (non-hydrogen) atoms. The Morgan fingerprint density at radius 1 is 1.33 bits per heavy atom. The maximum absolute atomic E-state index is 12.3. The molecule has 1 fully saturated rings. The summed E-state index contributed by atoms with van der Waals surface area (Å²) in [4.78, 5) is 21.1. The van der Waals surface area contributed by atoms with E-state index < -0.39 is 10.8 Å². The minimum atomic E-state index is -0.760. The monoisotopic (exact) mass is 263 g/mol. The molecule has 2 heterocycles. The Kier molecular flexibility index (Phi) is 2.87. The number of nitrogens with one attached hydrogen (secondary N) is 1. The van der Waals surface area contributed by atoms with E-state index in [0.717, 1.165) is 11.0 Å². The second kappa shape index (κ2) is 4.53. The van der Waals surface area contributed by atoms with E-state index in [1.807, 2.05) is 12.1 Å². The highest BCUT2D eigenvalue weighted by Crippen LogP contribution is 2.14. The highest BCUT2D eigenvalue weighted by molar-refractivity contribution is 7.85. The maximum Gasteiger partial charge on any atom is 0.253 e. The lowest BCUT2D eigenvalue weighted by molar-refractivity contribution is 0.0771. The molecule has 1 amide bonds. The van der Waals surface area contributed by atoms with Crippen molar-refractivity contribution in [1.82, 2.24) is 14.9 Å². The van der Waals surface area contributed by atoms with Crippen LogP contribution in [-0.4, -0.2) is 49.6 Å².